The maximum absolute atomic E-state index is 14.3. The fourth-order valence-electron chi connectivity index (χ4n) is 7.77. The molecular formula is C34H39FN6O4. The molecule has 2 aromatic heterocycles. The summed E-state index contributed by atoms with van der Waals surface area (Å²) in [5.74, 6) is 0.775. The monoisotopic (exact) mass is 614 g/mol. The van der Waals surface area contributed by atoms with Gasteiger partial charge >= 0.3 is 6.01 Å². The molecule has 2 bridgehead atoms. The Morgan fingerprint density at radius 3 is 2.58 bits per heavy atom. The van der Waals surface area contributed by atoms with Gasteiger partial charge in [-0.1, -0.05) is 24.3 Å². The second-order valence-corrected chi connectivity index (χ2v) is 13.0. The van der Waals surface area contributed by atoms with Crippen molar-refractivity contribution in [2.24, 2.45) is 0 Å². The number of phenols is 1. The first-order chi connectivity index (χ1) is 22.0. The first kappa shape index (κ1) is 28.7. The standard InChI is InChI=1S/C27H27N5O4.C7H12FN/c1-35-27-29-22-10-23(21-9-19(33)8-15-4-2-3-5-20(15)21)32(16-6-7-16)26(34)24(22)25(30-27)31-17-11-28-12-18(31)14-36-13-17;8-6-4-7-2-1-3-9(7)5-6/h2-5,8-10,16-18,28,33H,6-7,11-14H2,1H3;6-7H,1-5H2. The summed E-state index contributed by atoms with van der Waals surface area (Å²) in [6, 6.07) is 14.4. The van der Waals surface area contributed by atoms with E-state index < -0.39 is 6.17 Å². The number of aromatic hydroxyl groups is 1. The largest absolute Gasteiger partial charge is 0.508 e. The van der Waals surface area contributed by atoms with Gasteiger partial charge in [0, 0.05) is 37.3 Å². The quantitative estimate of drug-likeness (QED) is 0.353. The van der Waals surface area contributed by atoms with Crippen LogP contribution < -0.4 is 20.5 Å². The van der Waals surface area contributed by atoms with Crippen molar-refractivity contribution < 1.29 is 19.0 Å². The number of ether oxygens (including phenoxy) is 2. The van der Waals surface area contributed by atoms with E-state index in [0.29, 0.717) is 42.5 Å². The Morgan fingerprint density at radius 2 is 1.82 bits per heavy atom. The molecule has 0 spiro atoms. The summed E-state index contributed by atoms with van der Waals surface area (Å²) in [7, 11) is 1.54. The lowest BCUT2D eigenvalue weighted by molar-refractivity contribution is 0.0523. The molecule has 45 heavy (non-hydrogen) atoms. The summed E-state index contributed by atoms with van der Waals surface area (Å²) in [6.45, 7) is 4.52. The van der Waals surface area contributed by atoms with Gasteiger partial charge in [0.05, 0.1) is 43.6 Å². The zero-order valence-corrected chi connectivity index (χ0v) is 25.5. The Bertz CT molecular complexity index is 1780. The summed E-state index contributed by atoms with van der Waals surface area (Å²) in [5, 5.41) is 16.4. The molecule has 0 amide bonds. The number of aromatic nitrogens is 3. The Labute approximate surface area is 260 Å². The van der Waals surface area contributed by atoms with Crippen molar-refractivity contribution in [1.82, 2.24) is 24.8 Å². The molecule has 9 rings (SSSR count). The molecule has 4 aliphatic heterocycles. The average molecular weight is 615 g/mol. The lowest BCUT2D eigenvalue weighted by Crippen LogP contribution is -2.64. The lowest BCUT2D eigenvalue weighted by atomic mass is 9.99. The number of anilines is 1. The molecule has 4 saturated heterocycles. The van der Waals surface area contributed by atoms with Gasteiger partial charge in [0.2, 0.25) is 0 Å². The number of nitrogens with zero attached hydrogens (tertiary/aromatic N) is 5. The van der Waals surface area contributed by atoms with Crippen molar-refractivity contribution in [3.8, 4) is 23.0 Å². The van der Waals surface area contributed by atoms with E-state index in [4.69, 9.17) is 14.5 Å². The van der Waals surface area contributed by atoms with Crippen molar-refractivity contribution in [2.75, 3.05) is 51.4 Å². The summed E-state index contributed by atoms with van der Waals surface area (Å²) in [4.78, 5) is 28.2. The van der Waals surface area contributed by atoms with E-state index in [1.807, 2.05) is 34.9 Å². The van der Waals surface area contributed by atoms with Crippen LogP contribution in [-0.4, -0.2) is 95.3 Å². The van der Waals surface area contributed by atoms with E-state index in [9.17, 15) is 14.3 Å². The summed E-state index contributed by atoms with van der Waals surface area (Å²) < 4.78 is 25.8. The highest BCUT2D eigenvalue weighted by Crippen LogP contribution is 2.42. The predicted molar refractivity (Wildman–Crippen MR) is 171 cm³/mol. The molecule has 1 aliphatic carbocycles. The number of pyridine rings is 1. The van der Waals surface area contributed by atoms with E-state index in [1.54, 1.807) is 19.2 Å². The van der Waals surface area contributed by atoms with Crippen molar-refractivity contribution >= 4 is 27.5 Å². The van der Waals surface area contributed by atoms with Gasteiger partial charge in [-0.3, -0.25) is 9.69 Å². The van der Waals surface area contributed by atoms with Crippen molar-refractivity contribution in [3.05, 3.63) is 52.8 Å². The number of morpholine rings is 1. The van der Waals surface area contributed by atoms with Gasteiger partial charge in [-0.15, -0.1) is 0 Å². The van der Waals surface area contributed by atoms with Crippen LogP contribution >= 0.6 is 0 Å². The van der Waals surface area contributed by atoms with Crippen molar-refractivity contribution in [1.29, 1.82) is 0 Å². The molecule has 4 atom stereocenters. The van der Waals surface area contributed by atoms with Crippen molar-refractivity contribution in [3.63, 3.8) is 0 Å². The third-order valence-corrected chi connectivity index (χ3v) is 9.95. The molecule has 0 radical (unpaired) electrons. The van der Waals surface area contributed by atoms with Gasteiger partial charge in [-0.25, -0.2) is 4.39 Å². The fraction of sp³-hybridized carbons (Fsp3) is 0.500. The van der Waals surface area contributed by atoms with E-state index >= 15 is 0 Å². The highest BCUT2D eigenvalue weighted by molar-refractivity contribution is 6.00. The van der Waals surface area contributed by atoms with Gasteiger partial charge in [0.15, 0.2) is 0 Å². The van der Waals surface area contributed by atoms with Crippen LogP contribution in [0.15, 0.2) is 47.3 Å². The molecule has 1 saturated carbocycles. The van der Waals surface area contributed by atoms with Crippen LogP contribution in [0.2, 0.25) is 0 Å². The normalized spacial score (nSPS) is 26.1. The van der Waals surface area contributed by atoms with Gasteiger partial charge in [-0.05, 0) is 67.6 Å². The average Bonchev–Trinajstić information content (AvgIpc) is 3.68. The number of halogens is 1. The highest BCUT2D eigenvalue weighted by atomic mass is 19.1. The number of benzene rings is 2. The summed E-state index contributed by atoms with van der Waals surface area (Å²) in [5.41, 5.74) is 1.99. The number of piperazine rings is 1. The molecule has 11 heteroatoms. The highest BCUT2D eigenvalue weighted by Gasteiger charge is 2.39. The molecule has 4 unspecified atom stereocenters. The SMILES string of the molecule is COc1nc(N2C3CNCC2COC3)c2c(=O)n(C3CC3)c(-c3cc(O)cc4ccccc34)cc2n1.FC1CC2CCCN2C1. The number of methoxy groups -OCH3 is 1. The van der Waals surface area contributed by atoms with Crippen LogP contribution in [0.1, 0.15) is 38.1 Å². The van der Waals surface area contributed by atoms with Crippen LogP contribution in [0.3, 0.4) is 0 Å². The van der Waals surface area contributed by atoms with Gasteiger partial charge in [0.25, 0.3) is 5.56 Å². The van der Waals surface area contributed by atoms with E-state index in [1.165, 1.54) is 12.8 Å². The number of hydrogen-bond donors (Lipinski definition) is 2. The number of alkyl halides is 1. The smallest absolute Gasteiger partial charge is 0.318 e. The molecule has 5 fully saturated rings. The fourth-order valence-corrected chi connectivity index (χ4v) is 7.77. The molecule has 2 aromatic carbocycles. The third-order valence-electron chi connectivity index (χ3n) is 9.95. The Hall–Kier alpha value is -3.80. The molecule has 4 aromatic rings. The van der Waals surface area contributed by atoms with Gasteiger partial charge in [0.1, 0.15) is 23.1 Å². The maximum Gasteiger partial charge on any atom is 0.318 e. The zero-order valence-electron chi connectivity index (χ0n) is 25.5. The molecule has 5 aliphatic rings. The second-order valence-electron chi connectivity index (χ2n) is 13.0. The predicted octanol–water partition coefficient (Wildman–Crippen LogP) is 4.03. The second kappa shape index (κ2) is 11.5. The van der Waals surface area contributed by atoms with Crippen molar-refractivity contribution in [2.45, 2.75) is 62.4 Å². The van der Waals surface area contributed by atoms with Gasteiger partial charge < -0.3 is 29.4 Å². The number of fused-ring (bicyclic) bond motifs is 5. The molecule has 10 nitrogen and oxygen atoms in total. The third kappa shape index (κ3) is 5.20. The van der Waals surface area contributed by atoms with Crippen LogP contribution in [0.4, 0.5) is 10.2 Å². The van der Waals surface area contributed by atoms with Crippen LogP contribution in [0.25, 0.3) is 32.9 Å². The number of nitrogens with one attached hydrogen (secondary N) is 1. The van der Waals surface area contributed by atoms with E-state index in [-0.39, 0.29) is 35.4 Å². The van der Waals surface area contributed by atoms with Crippen LogP contribution in [0, 0.1) is 0 Å². The summed E-state index contributed by atoms with van der Waals surface area (Å²) >= 11 is 0. The molecule has 236 valence electrons. The number of phenolic OH excluding ortho intramolecular Hbond substituents is 1. The minimum atomic E-state index is -0.518. The molecular weight excluding hydrogens is 575 g/mol. The van der Waals surface area contributed by atoms with Gasteiger partial charge in [-0.2, -0.15) is 9.97 Å². The zero-order chi connectivity index (χ0) is 30.7. The Balaban J connectivity index is 0.000000286. The Morgan fingerprint density at radius 1 is 1.02 bits per heavy atom. The Kier molecular flexibility index (Phi) is 7.34. The van der Waals surface area contributed by atoms with E-state index in [0.717, 1.165) is 60.9 Å². The minimum absolute atomic E-state index is 0.0729. The first-order valence-corrected chi connectivity index (χ1v) is 16.2. The minimum Gasteiger partial charge on any atom is -0.508 e. The first-order valence-electron chi connectivity index (χ1n) is 16.2. The number of rotatable bonds is 4. The number of hydrogen-bond acceptors (Lipinski definition) is 9. The van der Waals surface area contributed by atoms with E-state index in [2.05, 4.69) is 20.1 Å². The summed E-state index contributed by atoms with van der Waals surface area (Å²) in [6.07, 6.45) is 4.69. The molecule has 6 heterocycles. The van der Waals surface area contributed by atoms with Crippen LogP contribution in [-0.2, 0) is 4.74 Å². The maximum atomic E-state index is 14.3. The lowest BCUT2D eigenvalue weighted by Gasteiger charge is -2.46. The molecule has 2 N–H and O–H groups in total. The topological polar surface area (TPSA) is 105 Å². The van der Waals surface area contributed by atoms with Crippen LogP contribution in [0.5, 0.6) is 11.8 Å².